The largest absolute Gasteiger partial charge is 0.493 e. The highest BCUT2D eigenvalue weighted by Crippen LogP contribution is 2.30. The number of nitriles is 1. The first-order chi connectivity index (χ1) is 15.4. The predicted octanol–water partition coefficient (Wildman–Crippen LogP) is 5.75. The molecule has 0 radical (unpaired) electrons. The zero-order chi connectivity index (χ0) is 23.1. The highest BCUT2D eigenvalue weighted by atomic mass is 16.5. The summed E-state index contributed by atoms with van der Waals surface area (Å²) in [5.41, 5.74) is 5.63. The Kier molecular flexibility index (Phi) is 7.30. The molecule has 0 aliphatic rings. The second-order valence-corrected chi connectivity index (χ2v) is 7.63. The van der Waals surface area contributed by atoms with Crippen LogP contribution >= 0.6 is 0 Å². The summed E-state index contributed by atoms with van der Waals surface area (Å²) in [6, 6.07) is 21.1. The van der Waals surface area contributed by atoms with Gasteiger partial charge in [0, 0.05) is 5.69 Å². The van der Waals surface area contributed by atoms with Gasteiger partial charge >= 0.3 is 0 Å². The maximum atomic E-state index is 12.6. The van der Waals surface area contributed by atoms with E-state index in [0.717, 1.165) is 16.7 Å². The first-order valence-electron chi connectivity index (χ1n) is 10.3. The van der Waals surface area contributed by atoms with Crippen LogP contribution in [0, 0.1) is 32.1 Å². The number of hydrogen-bond donors (Lipinski definition) is 1. The second kappa shape index (κ2) is 10.3. The molecule has 1 amide bonds. The molecule has 0 heterocycles. The Labute approximate surface area is 188 Å². The Bertz CT molecular complexity index is 1190. The van der Waals surface area contributed by atoms with E-state index in [2.05, 4.69) is 5.32 Å². The molecule has 0 aromatic heterocycles. The Morgan fingerprint density at radius 1 is 0.969 bits per heavy atom. The van der Waals surface area contributed by atoms with Crippen molar-refractivity contribution in [2.75, 3.05) is 12.4 Å². The van der Waals surface area contributed by atoms with Crippen LogP contribution in [0.2, 0.25) is 0 Å². The number of nitrogens with one attached hydrogen (secondary N) is 1. The van der Waals surface area contributed by atoms with Gasteiger partial charge in [-0.3, -0.25) is 4.79 Å². The van der Waals surface area contributed by atoms with Crippen LogP contribution < -0.4 is 14.8 Å². The van der Waals surface area contributed by atoms with Gasteiger partial charge in [0.15, 0.2) is 11.5 Å². The Morgan fingerprint density at radius 2 is 1.69 bits per heavy atom. The summed E-state index contributed by atoms with van der Waals surface area (Å²) in [6.45, 7) is 6.35. The zero-order valence-corrected chi connectivity index (χ0v) is 18.7. The Morgan fingerprint density at radius 3 is 2.34 bits per heavy atom. The lowest BCUT2D eigenvalue weighted by molar-refractivity contribution is -0.112. The van der Waals surface area contributed by atoms with E-state index in [1.165, 1.54) is 11.6 Å². The first-order valence-corrected chi connectivity index (χ1v) is 10.3. The van der Waals surface area contributed by atoms with Crippen LogP contribution in [0.25, 0.3) is 6.08 Å². The van der Waals surface area contributed by atoms with Gasteiger partial charge in [-0.05, 0) is 61.7 Å². The molecule has 0 bridgehead atoms. The van der Waals surface area contributed by atoms with E-state index in [9.17, 15) is 10.1 Å². The lowest BCUT2D eigenvalue weighted by Crippen LogP contribution is -2.14. The minimum absolute atomic E-state index is 0.000326. The van der Waals surface area contributed by atoms with E-state index < -0.39 is 5.91 Å². The van der Waals surface area contributed by atoms with Gasteiger partial charge in [0.2, 0.25) is 0 Å². The monoisotopic (exact) mass is 426 g/mol. The molecule has 162 valence electrons. The maximum absolute atomic E-state index is 12.6. The van der Waals surface area contributed by atoms with Crippen LogP contribution in [-0.4, -0.2) is 13.0 Å². The van der Waals surface area contributed by atoms with Crippen molar-refractivity contribution in [2.24, 2.45) is 0 Å². The molecular weight excluding hydrogens is 400 g/mol. The number of hydrogen-bond acceptors (Lipinski definition) is 4. The van der Waals surface area contributed by atoms with Gasteiger partial charge in [-0.2, -0.15) is 5.26 Å². The van der Waals surface area contributed by atoms with E-state index in [0.29, 0.717) is 29.4 Å². The molecule has 0 saturated heterocycles. The molecule has 3 aromatic carbocycles. The fourth-order valence-corrected chi connectivity index (χ4v) is 3.20. The van der Waals surface area contributed by atoms with E-state index in [-0.39, 0.29) is 5.57 Å². The minimum atomic E-state index is -0.460. The van der Waals surface area contributed by atoms with Gasteiger partial charge in [-0.25, -0.2) is 0 Å². The van der Waals surface area contributed by atoms with Gasteiger partial charge in [0.1, 0.15) is 18.2 Å². The molecule has 5 heteroatoms. The third-order valence-corrected chi connectivity index (χ3v) is 5.01. The van der Waals surface area contributed by atoms with Crippen molar-refractivity contribution in [1.82, 2.24) is 0 Å². The maximum Gasteiger partial charge on any atom is 0.266 e. The summed E-state index contributed by atoms with van der Waals surface area (Å²) in [7, 11) is 1.56. The van der Waals surface area contributed by atoms with Crippen LogP contribution in [0.4, 0.5) is 5.69 Å². The van der Waals surface area contributed by atoms with E-state index >= 15 is 0 Å². The van der Waals surface area contributed by atoms with Crippen molar-refractivity contribution in [2.45, 2.75) is 27.4 Å². The number of aryl methyl sites for hydroxylation is 3. The van der Waals surface area contributed by atoms with E-state index in [1.54, 1.807) is 25.3 Å². The summed E-state index contributed by atoms with van der Waals surface area (Å²) >= 11 is 0. The van der Waals surface area contributed by atoms with Crippen molar-refractivity contribution in [3.63, 3.8) is 0 Å². The molecule has 0 aliphatic carbocycles. The average Bonchev–Trinajstić information content (AvgIpc) is 2.79. The summed E-state index contributed by atoms with van der Waals surface area (Å²) in [6.07, 6.45) is 1.53. The normalized spacial score (nSPS) is 10.9. The fourth-order valence-electron chi connectivity index (χ4n) is 3.20. The average molecular weight is 427 g/mol. The summed E-state index contributed by atoms with van der Waals surface area (Å²) in [5, 5.41) is 12.3. The van der Waals surface area contributed by atoms with Crippen LogP contribution in [0.3, 0.4) is 0 Å². The molecule has 1 N–H and O–H groups in total. The van der Waals surface area contributed by atoms with Crippen LogP contribution in [0.15, 0.2) is 66.2 Å². The molecule has 0 saturated carbocycles. The predicted molar refractivity (Wildman–Crippen MR) is 127 cm³/mol. The SMILES string of the molecule is COc1cc(/C=C(/C#N)C(=O)Nc2ccc(C)cc2C)ccc1OCc1ccc(C)cc1. The van der Waals surface area contributed by atoms with Crippen molar-refractivity contribution in [1.29, 1.82) is 5.26 Å². The number of benzene rings is 3. The molecule has 5 nitrogen and oxygen atoms in total. The van der Waals surface area contributed by atoms with Crippen molar-refractivity contribution < 1.29 is 14.3 Å². The highest BCUT2D eigenvalue weighted by Gasteiger charge is 2.12. The molecule has 0 unspecified atom stereocenters. The molecule has 0 fully saturated rings. The second-order valence-electron chi connectivity index (χ2n) is 7.63. The zero-order valence-electron chi connectivity index (χ0n) is 18.7. The molecule has 32 heavy (non-hydrogen) atoms. The fraction of sp³-hybridized carbons (Fsp3) is 0.185. The lowest BCUT2D eigenvalue weighted by Gasteiger charge is -2.12. The van der Waals surface area contributed by atoms with Gasteiger partial charge in [-0.1, -0.05) is 53.6 Å². The molecule has 3 rings (SSSR count). The minimum Gasteiger partial charge on any atom is -0.493 e. The first kappa shape index (κ1) is 22.6. The van der Waals surface area contributed by atoms with Crippen LogP contribution in [0.1, 0.15) is 27.8 Å². The molecule has 0 aliphatic heterocycles. The number of amides is 1. The molecule has 0 atom stereocenters. The van der Waals surface area contributed by atoms with Gasteiger partial charge < -0.3 is 14.8 Å². The third kappa shape index (κ3) is 5.77. The number of carbonyl (C=O) groups excluding carboxylic acids is 1. The summed E-state index contributed by atoms with van der Waals surface area (Å²) in [4.78, 5) is 12.6. The van der Waals surface area contributed by atoms with Crippen molar-refractivity contribution >= 4 is 17.7 Å². The number of rotatable bonds is 7. The highest BCUT2D eigenvalue weighted by molar-refractivity contribution is 6.10. The topological polar surface area (TPSA) is 71.3 Å². The third-order valence-electron chi connectivity index (χ3n) is 5.01. The van der Waals surface area contributed by atoms with Gasteiger partial charge in [-0.15, -0.1) is 0 Å². The Balaban J connectivity index is 1.76. The van der Waals surface area contributed by atoms with Gasteiger partial charge in [0.25, 0.3) is 5.91 Å². The van der Waals surface area contributed by atoms with E-state index in [1.807, 2.05) is 69.3 Å². The van der Waals surface area contributed by atoms with Gasteiger partial charge in [0.05, 0.1) is 7.11 Å². The molecule has 0 spiro atoms. The summed E-state index contributed by atoms with van der Waals surface area (Å²) in [5.74, 6) is 0.652. The number of anilines is 1. The smallest absolute Gasteiger partial charge is 0.266 e. The standard InChI is InChI=1S/C27H26N2O3/c1-18-5-8-21(9-6-18)17-32-25-12-10-22(15-26(25)31-4)14-23(16-28)27(30)29-24-11-7-19(2)13-20(24)3/h5-15H,17H2,1-4H3,(H,29,30)/b23-14-. The Hall–Kier alpha value is -4.04. The lowest BCUT2D eigenvalue weighted by atomic mass is 10.1. The number of methoxy groups -OCH3 is 1. The quantitative estimate of drug-likeness (QED) is 0.386. The van der Waals surface area contributed by atoms with Crippen LogP contribution in [-0.2, 0) is 11.4 Å². The number of carbonyl (C=O) groups is 1. The molecule has 3 aromatic rings. The summed E-state index contributed by atoms with van der Waals surface area (Å²) < 4.78 is 11.4. The van der Waals surface area contributed by atoms with Crippen LogP contribution in [0.5, 0.6) is 11.5 Å². The molecular formula is C27H26N2O3. The van der Waals surface area contributed by atoms with Crippen molar-refractivity contribution in [3.8, 4) is 17.6 Å². The number of nitrogens with zero attached hydrogens (tertiary/aromatic N) is 1. The number of ether oxygens (including phenoxy) is 2. The van der Waals surface area contributed by atoms with Crippen molar-refractivity contribution in [3.05, 3.63) is 94.1 Å². The van der Waals surface area contributed by atoms with E-state index in [4.69, 9.17) is 9.47 Å².